The van der Waals surface area contributed by atoms with E-state index in [-0.39, 0.29) is 6.10 Å². The normalized spacial score (nSPS) is 11.0. The number of ether oxygens (including phenoxy) is 3. The Balaban J connectivity index is 2.12. The molecule has 0 saturated carbocycles. The first-order valence-corrected chi connectivity index (χ1v) is 7.76. The highest BCUT2D eigenvalue weighted by atomic mass is 16.5. The summed E-state index contributed by atoms with van der Waals surface area (Å²) < 4.78 is 16.2. The number of hydrogen-bond acceptors (Lipinski definition) is 4. The van der Waals surface area contributed by atoms with E-state index in [9.17, 15) is 0 Å². The Kier molecular flexibility index (Phi) is 9.87. The Morgan fingerprint density at radius 1 is 1.05 bits per heavy atom. The van der Waals surface area contributed by atoms with Crippen LogP contribution in [0.5, 0.6) is 5.75 Å². The Morgan fingerprint density at radius 3 is 2.62 bits per heavy atom. The van der Waals surface area contributed by atoms with Gasteiger partial charge in [-0.25, -0.2) is 0 Å². The summed E-state index contributed by atoms with van der Waals surface area (Å²) in [5.41, 5.74) is 1.21. The van der Waals surface area contributed by atoms with Crippen LogP contribution in [-0.4, -0.2) is 39.6 Å². The molecule has 0 unspecified atom stereocenters. The first kappa shape index (κ1) is 18.0. The number of nitrogens with one attached hydrogen (secondary N) is 1. The lowest BCUT2D eigenvalue weighted by molar-refractivity contribution is 0.0688. The van der Waals surface area contributed by atoms with Crippen LogP contribution in [0.3, 0.4) is 0 Å². The predicted octanol–water partition coefficient (Wildman–Crippen LogP) is 3.01. The van der Waals surface area contributed by atoms with Gasteiger partial charge in [0.2, 0.25) is 0 Å². The molecule has 0 spiro atoms. The van der Waals surface area contributed by atoms with Gasteiger partial charge in [0, 0.05) is 25.8 Å². The number of benzene rings is 1. The van der Waals surface area contributed by atoms with Crippen LogP contribution in [0.1, 0.15) is 32.3 Å². The van der Waals surface area contributed by atoms with Gasteiger partial charge >= 0.3 is 0 Å². The van der Waals surface area contributed by atoms with E-state index < -0.39 is 0 Å². The van der Waals surface area contributed by atoms with Crippen LogP contribution in [0.25, 0.3) is 0 Å². The molecule has 1 aromatic rings. The molecular formula is C17H29NO3. The summed E-state index contributed by atoms with van der Waals surface area (Å²) in [6.07, 6.45) is 2.39. The summed E-state index contributed by atoms with van der Waals surface area (Å²) in [6.45, 7) is 8.09. The molecule has 120 valence electrons. The molecule has 0 radical (unpaired) electrons. The monoisotopic (exact) mass is 295 g/mol. The van der Waals surface area contributed by atoms with Gasteiger partial charge in [-0.1, -0.05) is 18.2 Å². The van der Waals surface area contributed by atoms with Gasteiger partial charge < -0.3 is 19.5 Å². The quantitative estimate of drug-likeness (QED) is 0.602. The molecule has 4 nitrogen and oxygen atoms in total. The number of para-hydroxylation sites is 1. The van der Waals surface area contributed by atoms with Crippen LogP contribution >= 0.6 is 0 Å². The Labute approximate surface area is 128 Å². The van der Waals surface area contributed by atoms with E-state index in [0.717, 1.165) is 38.3 Å². The number of rotatable bonds is 12. The molecule has 0 bridgehead atoms. The maximum Gasteiger partial charge on any atom is 0.124 e. The van der Waals surface area contributed by atoms with Crippen molar-refractivity contribution in [3.63, 3.8) is 0 Å². The molecule has 0 aliphatic carbocycles. The molecule has 0 aliphatic rings. The zero-order valence-electron chi connectivity index (χ0n) is 13.6. The average Bonchev–Trinajstić information content (AvgIpc) is 2.46. The second-order valence-corrected chi connectivity index (χ2v) is 5.26. The van der Waals surface area contributed by atoms with Crippen LogP contribution in [0, 0.1) is 0 Å². The lowest BCUT2D eigenvalue weighted by Gasteiger charge is -2.14. The zero-order chi connectivity index (χ0) is 15.3. The van der Waals surface area contributed by atoms with Crippen molar-refractivity contribution in [1.82, 2.24) is 5.32 Å². The third-order valence-electron chi connectivity index (χ3n) is 2.97. The van der Waals surface area contributed by atoms with Crippen molar-refractivity contribution in [2.45, 2.75) is 39.3 Å². The third kappa shape index (κ3) is 8.71. The van der Waals surface area contributed by atoms with Crippen LogP contribution in [-0.2, 0) is 16.0 Å². The summed E-state index contributed by atoms with van der Waals surface area (Å²) in [6, 6.07) is 8.20. The Morgan fingerprint density at radius 2 is 1.86 bits per heavy atom. The van der Waals surface area contributed by atoms with E-state index in [1.165, 1.54) is 5.56 Å². The van der Waals surface area contributed by atoms with Crippen LogP contribution in [0.4, 0.5) is 0 Å². The standard InChI is InChI=1S/C17H29NO3/c1-15(2)21-17-9-5-4-8-16(17)14-18-10-6-7-11-20-13-12-19-3/h4-5,8-9,15,18H,6-7,10-14H2,1-3H3. The molecule has 0 saturated heterocycles. The molecule has 0 amide bonds. The summed E-state index contributed by atoms with van der Waals surface area (Å²) in [7, 11) is 1.69. The van der Waals surface area contributed by atoms with Crippen molar-refractivity contribution in [3.8, 4) is 5.75 Å². The number of unbranched alkanes of at least 4 members (excludes halogenated alkanes) is 1. The molecule has 1 aromatic carbocycles. The summed E-state index contributed by atoms with van der Waals surface area (Å²) in [4.78, 5) is 0. The molecule has 4 heteroatoms. The van der Waals surface area contributed by atoms with E-state index in [1.54, 1.807) is 7.11 Å². The summed E-state index contributed by atoms with van der Waals surface area (Å²) in [5, 5.41) is 3.46. The lowest BCUT2D eigenvalue weighted by Crippen LogP contribution is -2.17. The van der Waals surface area contributed by atoms with Gasteiger partial charge in [-0.3, -0.25) is 0 Å². The molecule has 0 aromatic heterocycles. The highest BCUT2D eigenvalue weighted by molar-refractivity contribution is 5.33. The highest BCUT2D eigenvalue weighted by Crippen LogP contribution is 2.18. The molecule has 0 heterocycles. The fourth-order valence-electron chi connectivity index (χ4n) is 1.94. The largest absolute Gasteiger partial charge is 0.491 e. The van der Waals surface area contributed by atoms with Crippen molar-refractivity contribution in [3.05, 3.63) is 29.8 Å². The maximum atomic E-state index is 5.81. The zero-order valence-corrected chi connectivity index (χ0v) is 13.6. The van der Waals surface area contributed by atoms with E-state index in [4.69, 9.17) is 14.2 Å². The number of hydrogen-bond donors (Lipinski definition) is 1. The fraction of sp³-hybridized carbons (Fsp3) is 0.647. The van der Waals surface area contributed by atoms with Crippen molar-refractivity contribution >= 4 is 0 Å². The second-order valence-electron chi connectivity index (χ2n) is 5.26. The third-order valence-corrected chi connectivity index (χ3v) is 2.97. The minimum absolute atomic E-state index is 0.204. The fourth-order valence-corrected chi connectivity index (χ4v) is 1.94. The molecule has 1 rings (SSSR count). The molecule has 21 heavy (non-hydrogen) atoms. The first-order valence-electron chi connectivity index (χ1n) is 7.76. The van der Waals surface area contributed by atoms with Crippen LogP contribution in [0.15, 0.2) is 24.3 Å². The molecule has 1 N–H and O–H groups in total. The predicted molar refractivity (Wildman–Crippen MR) is 85.8 cm³/mol. The molecule has 0 fully saturated rings. The highest BCUT2D eigenvalue weighted by Gasteiger charge is 2.04. The smallest absolute Gasteiger partial charge is 0.124 e. The minimum atomic E-state index is 0.204. The summed E-state index contributed by atoms with van der Waals surface area (Å²) >= 11 is 0. The van der Waals surface area contributed by atoms with E-state index in [2.05, 4.69) is 11.4 Å². The Hall–Kier alpha value is -1.10. The maximum absolute atomic E-state index is 5.81. The van der Waals surface area contributed by atoms with E-state index >= 15 is 0 Å². The van der Waals surface area contributed by atoms with Crippen molar-refractivity contribution in [2.24, 2.45) is 0 Å². The minimum Gasteiger partial charge on any atom is -0.491 e. The SMILES string of the molecule is COCCOCCCCNCc1ccccc1OC(C)C. The lowest BCUT2D eigenvalue weighted by atomic mass is 10.2. The van der Waals surface area contributed by atoms with Crippen molar-refractivity contribution in [2.75, 3.05) is 33.5 Å². The summed E-state index contributed by atoms with van der Waals surface area (Å²) in [5.74, 6) is 0.975. The van der Waals surface area contributed by atoms with E-state index in [0.29, 0.717) is 13.2 Å². The van der Waals surface area contributed by atoms with Gasteiger partial charge in [0.05, 0.1) is 19.3 Å². The van der Waals surface area contributed by atoms with Crippen molar-refractivity contribution < 1.29 is 14.2 Å². The van der Waals surface area contributed by atoms with Gasteiger partial charge in [0.15, 0.2) is 0 Å². The van der Waals surface area contributed by atoms with Gasteiger partial charge in [-0.15, -0.1) is 0 Å². The Bertz CT molecular complexity index is 369. The van der Waals surface area contributed by atoms with Gasteiger partial charge in [0.1, 0.15) is 5.75 Å². The number of methoxy groups -OCH3 is 1. The molecule has 0 aliphatic heterocycles. The molecular weight excluding hydrogens is 266 g/mol. The van der Waals surface area contributed by atoms with Gasteiger partial charge in [-0.05, 0) is 39.3 Å². The second kappa shape index (κ2) is 11.5. The molecule has 0 atom stereocenters. The van der Waals surface area contributed by atoms with Gasteiger partial charge in [-0.2, -0.15) is 0 Å². The van der Waals surface area contributed by atoms with Crippen LogP contribution < -0.4 is 10.1 Å². The van der Waals surface area contributed by atoms with Crippen molar-refractivity contribution in [1.29, 1.82) is 0 Å². The van der Waals surface area contributed by atoms with Gasteiger partial charge in [0.25, 0.3) is 0 Å². The van der Waals surface area contributed by atoms with Crippen LogP contribution in [0.2, 0.25) is 0 Å². The average molecular weight is 295 g/mol. The first-order chi connectivity index (χ1) is 10.2. The van der Waals surface area contributed by atoms with E-state index in [1.807, 2.05) is 32.0 Å². The topological polar surface area (TPSA) is 39.7 Å².